The molecule has 7 nitrogen and oxygen atoms in total. The lowest BCUT2D eigenvalue weighted by Crippen LogP contribution is -2.41. The van der Waals surface area contributed by atoms with Crippen molar-refractivity contribution in [3.63, 3.8) is 0 Å². The number of carboxylic acid groups (broad SMARTS) is 1. The first-order valence-electron chi connectivity index (χ1n) is 16.5. The van der Waals surface area contributed by atoms with Gasteiger partial charge in [-0.3, -0.25) is 14.4 Å². The number of nitrogens with one attached hydrogen (secondary N) is 1. The molecule has 4 rings (SSSR count). The van der Waals surface area contributed by atoms with Gasteiger partial charge in [0, 0.05) is 17.8 Å². The first kappa shape index (κ1) is 37.8. The molecule has 2 aromatic carbocycles. The van der Waals surface area contributed by atoms with Crippen molar-refractivity contribution in [2.45, 2.75) is 85.0 Å². The summed E-state index contributed by atoms with van der Waals surface area (Å²) in [5.74, 6) is -3.62. The number of aromatic nitrogens is 1. The van der Waals surface area contributed by atoms with Gasteiger partial charge in [0.25, 0.3) is 5.56 Å². The number of nitrogens with zero attached hydrogens (tertiary/aromatic N) is 2. The number of carboxylic acids is 1. The van der Waals surface area contributed by atoms with Crippen LogP contribution in [0.2, 0.25) is 0 Å². The fourth-order valence-electron chi connectivity index (χ4n) is 6.87. The van der Waals surface area contributed by atoms with Gasteiger partial charge in [0.1, 0.15) is 17.7 Å². The number of benzene rings is 2. The van der Waals surface area contributed by atoms with Crippen LogP contribution in [0.15, 0.2) is 41.3 Å². The van der Waals surface area contributed by atoms with Gasteiger partial charge in [0.2, 0.25) is 5.91 Å². The third kappa shape index (κ3) is 9.14. The Balaban J connectivity index is 1.78. The second-order valence-corrected chi connectivity index (χ2v) is 13.8. The quantitative estimate of drug-likeness (QED) is 0.203. The molecule has 3 aromatic rings. The Morgan fingerprint density at radius 1 is 0.980 bits per heavy atom. The first-order valence-corrected chi connectivity index (χ1v) is 16.5. The molecule has 1 aliphatic heterocycles. The van der Waals surface area contributed by atoms with E-state index in [1.54, 1.807) is 33.8 Å². The van der Waals surface area contributed by atoms with E-state index in [-0.39, 0.29) is 41.4 Å². The van der Waals surface area contributed by atoms with E-state index in [1.807, 2.05) is 7.05 Å². The maximum Gasteiger partial charge on any atom is 0.416 e. The smallest absolute Gasteiger partial charge is 0.416 e. The molecule has 2 atom stereocenters. The van der Waals surface area contributed by atoms with Gasteiger partial charge in [-0.15, -0.1) is 0 Å². The standard InChI is InChI=1S/C37H44F5N3O4/c1-20(2)11-31(45-19-26(15-24-7-9-44(6)10-8-24)29(17-32(45)46)37(40,41)42)36(49)43-30(18-33(47)48)28-16-25(12-23(5)35(28)39)34-21(3)13-27(38)14-22(34)4/h12-14,16-17,19-20,24,30-31H,7-11,15,18H2,1-6H3,(H,43,49)(H,47,48)/t30-,31+/m1/s1. The lowest BCUT2D eigenvalue weighted by Gasteiger charge is -2.30. The van der Waals surface area contributed by atoms with E-state index >= 15 is 4.39 Å². The molecule has 1 amide bonds. The molecule has 266 valence electrons. The molecule has 0 unspecified atom stereocenters. The average molecular weight is 690 g/mol. The van der Waals surface area contributed by atoms with Crippen LogP contribution in [0.3, 0.4) is 0 Å². The van der Waals surface area contributed by atoms with E-state index in [1.165, 1.54) is 25.1 Å². The van der Waals surface area contributed by atoms with E-state index in [0.29, 0.717) is 41.2 Å². The number of halogens is 5. The Bertz CT molecular complexity index is 1740. The Morgan fingerprint density at radius 3 is 2.14 bits per heavy atom. The molecule has 0 radical (unpaired) electrons. The molecule has 0 saturated carbocycles. The van der Waals surface area contributed by atoms with Crippen molar-refractivity contribution in [1.82, 2.24) is 14.8 Å². The number of aliphatic carboxylic acids is 1. The van der Waals surface area contributed by atoms with Crippen molar-refractivity contribution < 1.29 is 36.6 Å². The minimum absolute atomic E-state index is 0.0417. The van der Waals surface area contributed by atoms with Crippen molar-refractivity contribution in [2.24, 2.45) is 11.8 Å². The number of piperidine rings is 1. The topological polar surface area (TPSA) is 91.6 Å². The summed E-state index contributed by atoms with van der Waals surface area (Å²) in [6.07, 6.45) is -2.91. The lowest BCUT2D eigenvalue weighted by molar-refractivity contribution is -0.139. The second kappa shape index (κ2) is 15.2. The van der Waals surface area contributed by atoms with Crippen LogP contribution in [-0.2, 0) is 22.2 Å². The van der Waals surface area contributed by atoms with Crippen molar-refractivity contribution in [1.29, 1.82) is 0 Å². The molecule has 1 fully saturated rings. The van der Waals surface area contributed by atoms with Crippen molar-refractivity contribution in [3.8, 4) is 11.1 Å². The van der Waals surface area contributed by atoms with Gasteiger partial charge in [0.15, 0.2) is 0 Å². The molecule has 1 aliphatic rings. The molecular formula is C37H44F5N3O4. The highest BCUT2D eigenvalue weighted by Crippen LogP contribution is 2.36. The number of rotatable bonds is 11. The van der Waals surface area contributed by atoms with E-state index in [9.17, 15) is 37.1 Å². The number of amides is 1. The van der Waals surface area contributed by atoms with Gasteiger partial charge >= 0.3 is 12.1 Å². The first-order chi connectivity index (χ1) is 22.8. The number of aryl methyl sites for hydroxylation is 3. The minimum Gasteiger partial charge on any atom is -0.481 e. The SMILES string of the molecule is Cc1cc(-c2c(C)cc(F)cc2C)cc([C@@H](CC(=O)O)NC(=O)[C@H](CC(C)C)n2cc(CC3CCN(C)CC3)c(C(F)(F)F)cc2=O)c1F. The van der Waals surface area contributed by atoms with Gasteiger partial charge in [-0.2, -0.15) is 13.2 Å². The van der Waals surface area contributed by atoms with Crippen LogP contribution in [0.1, 0.15) is 85.0 Å². The predicted octanol–water partition coefficient (Wildman–Crippen LogP) is 7.54. The van der Waals surface area contributed by atoms with Gasteiger partial charge in [-0.1, -0.05) is 13.8 Å². The van der Waals surface area contributed by atoms with E-state index in [0.717, 1.165) is 23.9 Å². The molecule has 0 bridgehead atoms. The summed E-state index contributed by atoms with van der Waals surface area (Å²) in [4.78, 5) is 41.5. The summed E-state index contributed by atoms with van der Waals surface area (Å²) in [6.45, 7) is 9.90. The number of hydrogen-bond donors (Lipinski definition) is 2. The van der Waals surface area contributed by atoms with Gasteiger partial charge in [0.05, 0.1) is 18.0 Å². The molecule has 12 heteroatoms. The van der Waals surface area contributed by atoms with Crippen molar-refractivity contribution in [2.75, 3.05) is 20.1 Å². The summed E-state index contributed by atoms with van der Waals surface area (Å²) in [5.41, 5.74) is 0.136. The maximum atomic E-state index is 15.8. The molecule has 2 N–H and O–H groups in total. The normalized spacial score (nSPS) is 15.8. The molecule has 0 aliphatic carbocycles. The van der Waals surface area contributed by atoms with Crippen molar-refractivity contribution in [3.05, 3.63) is 91.9 Å². The fourth-order valence-corrected chi connectivity index (χ4v) is 6.87. The molecule has 49 heavy (non-hydrogen) atoms. The second-order valence-electron chi connectivity index (χ2n) is 13.8. The number of likely N-dealkylation sites (tertiary alicyclic amines) is 1. The summed E-state index contributed by atoms with van der Waals surface area (Å²) in [5, 5.41) is 12.4. The minimum atomic E-state index is -4.79. The Labute approximate surface area is 283 Å². The summed E-state index contributed by atoms with van der Waals surface area (Å²) in [7, 11) is 1.94. The van der Waals surface area contributed by atoms with Gasteiger partial charge in [-0.25, -0.2) is 8.78 Å². The molecule has 1 aromatic heterocycles. The van der Waals surface area contributed by atoms with Crippen LogP contribution in [0.25, 0.3) is 11.1 Å². The highest BCUT2D eigenvalue weighted by molar-refractivity contribution is 5.82. The Morgan fingerprint density at radius 2 is 1.59 bits per heavy atom. The summed E-state index contributed by atoms with van der Waals surface area (Å²) >= 11 is 0. The Kier molecular flexibility index (Phi) is 11.7. The zero-order chi connectivity index (χ0) is 36.4. The van der Waals surface area contributed by atoms with E-state index < -0.39 is 59.3 Å². The predicted molar refractivity (Wildman–Crippen MR) is 177 cm³/mol. The molecule has 1 saturated heterocycles. The van der Waals surface area contributed by atoms with Crippen LogP contribution in [0, 0.1) is 44.2 Å². The number of carbonyl (C=O) groups is 2. The average Bonchev–Trinajstić information content (AvgIpc) is 2.97. The zero-order valence-corrected chi connectivity index (χ0v) is 28.7. The zero-order valence-electron chi connectivity index (χ0n) is 28.7. The number of hydrogen-bond acceptors (Lipinski definition) is 4. The van der Waals surface area contributed by atoms with Crippen LogP contribution in [-0.4, -0.2) is 46.6 Å². The van der Waals surface area contributed by atoms with Crippen LogP contribution in [0.5, 0.6) is 0 Å². The van der Waals surface area contributed by atoms with Crippen LogP contribution in [0.4, 0.5) is 22.0 Å². The third-order valence-corrected chi connectivity index (χ3v) is 9.29. The monoisotopic (exact) mass is 689 g/mol. The largest absolute Gasteiger partial charge is 0.481 e. The molecule has 2 heterocycles. The lowest BCUT2D eigenvalue weighted by atomic mass is 9.89. The molecule has 0 spiro atoms. The fraction of sp³-hybridized carbons (Fsp3) is 0.486. The third-order valence-electron chi connectivity index (χ3n) is 9.29. The number of carbonyl (C=O) groups excluding carboxylic acids is 1. The van der Waals surface area contributed by atoms with Gasteiger partial charge < -0.3 is 19.9 Å². The highest BCUT2D eigenvalue weighted by Gasteiger charge is 2.37. The van der Waals surface area contributed by atoms with Crippen LogP contribution >= 0.6 is 0 Å². The maximum absolute atomic E-state index is 15.8. The number of alkyl halides is 3. The molecular weight excluding hydrogens is 645 g/mol. The van der Waals surface area contributed by atoms with E-state index in [2.05, 4.69) is 10.2 Å². The van der Waals surface area contributed by atoms with Gasteiger partial charge in [-0.05, 0) is 136 Å². The van der Waals surface area contributed by atoms with Crippen LogP contribution < -0.4 is 10.9 Å². The Hall–Kier alpha value is -4.06. The number of pyridine rings is 1. The summed E-state index contributed by atoms with van der Waals surface area (Å²) < 4.78 is 73.4. The summed E-state index contributed by atoms with van der Waals surface area (Å²) in [6, 6.07) is 3.46. The van der Waals surface area contributed by atoms with E-state index in [4.69, 9.17) is 0 Å². The van der Waals surface area contributed by atoms with Crippen molar-refractivity contribution >= 4 is 11.9 Å². The highest BCUT2D eigenvalue weighted by atomic mass is 19.4.